The van der Waals surface area contributed by atoms with E-state index in [9.17, 15) is 4.79 Å². The van der Waals surface area contributed by atoms with E-state index in [4.69, 9.17) is 4.42 Å². The molecule has 1 aromatic carbocycles. The van der Waals surface area contributed by atoms with Crippen LogP contribution in [0.4, 0.5) is 5.69 Å². The molecule has 0 bridgehead atoms. The Balaban J connectivity index is 1.76. The lowest BCUT2D eigenvalue weighted by atomic mass is 10.1. The van der Waals surface area contributed by atoms with Gasteiger partial charge in [-0.25, -0.2) is 4.79 Å². The van der Waals surface area contributed by atoms with Crippen LogP contribution in [0.1, 0.15) is 6.92 Å². The molecule has 1 N–H and O–H groups in total. The monoisotopic (exact) mass is 321 g/mol. The van der Waals surface area contributed by atoms with Crippen LogP contribution >= 0.6 is 0 Å². The molecule has 2 aromatic heterocycles. The zero-order valence-electron chi connectivity index (χ0n) is 13.5. The fourth-order valence-electron chi connectivity index (χ4n) is 3.17. The van der Waals surface area contributed by atoms with Crippen LogP contribution in [0.3, 0.4) is 0 Å². The highest BCUT2D eigenvalue weighted by molar-refractivity contribution is 5.86. The number of hydrogen-bond acceptors (Lipinski definition) is 5. The first kappa shape index (κ1) is 14.9. The van der Waals surface area contributed by atoms with Gasteiger partial charge in [0.2, 0.25) is 0 Å². The van der Waals surface area contributed by atoms with Crippen molar-refractivity contribution >= 4 is 16.5 Å². The van der Waals surface area contributed by atoms with Crippen molar-refractivity contribution in [2.75, 3.05) is 24.5 Å². The van der Waals surface area contributed by atoms with Gasteiger partial charge in [0, 0.05) is 37.6 Å². The van der Waals surface area contributed by atoms with Crippen LogP contribution in [0.5, 0.6) is 0 Å². The average Bonchev–Trinajstić information content (AvgIpc) is 2.62. The first-order chi connectivity index (χ1) is 11.7. The van der Waals surface area contributed by atoms with E-state index < -0.39 is 0 Å². The molecule has 4 rings (SSSR count). The number of nitrogens with zero attached hydrogens (tertiary/aromatic N) is 2. The van der Waals surface area contributed by atoms with Gasteiger partial charge in [-0.3, -0.25) is 4.98 Å². The van der Waals surface area contributed by atoms with E-state index in [0.29, 0.717) is 22.9 Å². The summed E-state index contributed by atoms with van der Waals surface area (Å²) in [4.78, 5) is 19.0. The Hall–Kier alpha value is -2.66. The zero-order chi connectivity index (χ0) is 16.5. The Labute approximate surface area is 139 Å². The lowest BCUT2D eigenvalue weighted by molar-refractivity contribution is 0.485. The van der Waals surface area contributed by atoms with Crippen LogP contribution in [-0.4, -0.2) is 30.7 Å². The molecule has 0 amide bonds. The van der Waals surface area contributed by atoms with Crippen LogP contribution in [-0.2, 0) is 0 Å². The third-order valence-electron chi connectivity index (χ3n) is 4.40. The molecule has 1 aliphatic rings. The van der Waals surface area contributed by atoms with Crippen molar-refractivity contribution in [2.24, 2.45) is 0 Å². The lowest BCUT2D eigenvalue weighted by Crippen LogP contribution is -2.49. The largest absolute Gasteiger partial charge is 0.421 e. The molecule has 3 aromatic rings. The van der Waals surface area contributed by atoms with Crippen LogP contribution in [0, 0.1) is 0 Å². The highest BCUT2D eigenvalue weighted by Gasteiger charge is 2.17. The van der Waals surface area contributed by atoms with E-state index in [1.54, 1.807) is 6.20 Å². The standard InChI is InChI=1S/C19H19N3O2/c1-13-12-22(9-8-20-13)15-6-5-14-10-18(17-4-2-3-7-21-17)24-19(23)16(14)11-15/h2-7,10-11,13,20H,8-9,12H2,1H3/t13-/m0/s1. The lowest BCUT2D eigenvalue weighted by Gasteiger charge is -2.33. The normalized spacial score (nSPS) is 18.0. The molecule has 1 atom stereocenters. The summed E-state index contributed by atoms with van der Waals surface area (Å²) in [6.07, 6.45) is 1.69. The SMILES string of the molecule is C[C@H]1CN(c2ccc3cc(-c4ccccn4)oc(=O)c3c2)CCN1. The molecule has 1 aliphatic heterocycles. The third kappa shape index (κ3) is 2.78. The van der Waals surface area contributed by atoms with Gasteiger partial charge < -0.3 is 14.6 Å². The summed E-state index contributed by atoms with van der Waals surface area (Å²) in [7, 11) is 0. The average molecular weight is 321 g/mol. The summed E-state index contributed by atoms with van der Waals surface area (Å²) < 4.78 is 5.49. The third-order valence-corrected chi connectivity index (χ3v) is 4.40. The van der Waals surface area contributed by atoms with Crippen molar-refractivity contribution in [1.82, 2.24) is 10.3 Å². The molecule has 1 fully saturated rings. The Morgan fingerprint density at radius 3 is 2.96 bits per heavy atom. The van der Waals surface area contributed by atoms with Gasteiger partial charge in [-0.1, -0.05) is 12.1 Å². The number of fused-ring (bicyclic) bond motifs is 1. The van der Waals surface area contributed by atoms with Gasteiger partial charge in [0.15, 0.2) is 5.76 Å². The minimum Gasteiger partial charge on any atom is -0.421 e. The van der Waals surface area contributed by atoms with E-state index in [0.717, 1.165) is 30.7 Å². The summed E-state index contributed by atoms with van der Waals surface area (Å²) in [5.74, 6) is 0.497. The van der Waals surface area contributed by atoms with E-state index in [1.807, 2.05) is 36.4 Å². The maximum Gasteiger partial charge on any atom is 0.344 e. The number of pyridine rings is 1. The van der Waals surface area contributed by atoms with Crippen LogP contribution in [0.15, 0.2) is 57.9 Å². The fraction of sp³-hybridized carbons (Fsp3) is 0.263. The summed E-state index contributed by atoms with van der Waals surface area (Å²) in [5.41, 5.74) is 1.41. The number of piperazine rings is 1. The van der Waals surface area contributed by atoms with Crippen LogP contribution in [0.2, 0.25) is 0 Å². The van der Waals surface area contributed by atoms with E-state index in [1.165, 1.54) is 0 Å². The predicted molar refractivity (Wildman–Crippen MR) is 95.4 cm³/mol. The number of benzene rings is 1. The van der Waals surface area contributed by atoms with Crippen LogP contribution < -0.4 is 15.8 Å². The van der Waals surface area contributed by atoms with E-state index in [-0.39, 0.29) is 5.63 Å². The Kier molecular flexibility index (Phi) is 3.78. The van der Waals surface area contributed by atoms with Gasteiger partial charge in [0.1, 0.15) is 5.69 Å². The number of anilines is 1. The second-order valence-corrected chi connectivity index (χ2v) is 6.19. The minimum absolute atomic E-state index is 0.321. The molecule has 0 unspecified atom stereocenters. The molecule has 122 valence electrons. The summed E-state index contributed by atoms with van der Waals surface area (Å²) >= 11 is 0. The summed E-state index contributed by atoms with van der Waals surface area (Å²) in [6, 6.07) is 13.9. The Bertz CT molecular complexity index is 921. The molecule has 1 saturated heterocycles. The number of aromatic nitrogens is 1. The Morgan fingerprint density at radius 1 is 1.25 bits per heavy atom. The van der Waals surface area contributed by atoms with Gasteiger partial charge in [0.05, 0.1) is 5.39 Å². The molecule has 0 spiro atoms. The van der Waals surface area contributed by atoms with Gasteiger partial charge in [0.25, 0.3) is 0 Å². The molecule has 5 heteroatoms. The topological polar surface area (TPSA) is 58.4 Å². The van der Waals surface area contributed by atoms with Crippen molar-refractivity contribution < 1.29 is 4.42 Å². The molecular formula is C19H19N3O2. The molecular weight excluding hydrogens is 302 g/mol. The first-order valence-electron chi connectivity index (χ1n) is 8.18. The van der Waals surface area contributed by atoms with Crippen molar-refractivity contribution in [3.63, 3.8) is 0 Å². The molecule has 3 heterocycles. The van der Waals surface area contributed by atoms with E-state index >= 15 is 0 Å². The maximum absolute atomic E-state index is 12.4. The van der Waals surface area contributed by atoms with E-state index in [2.05, 4.69) is 28.2 Å². The fourth-order valence-corrected chi connectivity index (χ4v) is 3.17. The first-order valence-corrected chi connectivity index (χ1v) is 8.18. The molecule has 5 nitrogen and oxygen atoms in total. The van der Waals surface area contributed by atoms with Crippen molar-refractivity contribution in [1.29, 1.82) is 0 Å². The molecule has 0 saturated carbocycles. The van der Waals surface area contributed by atoms with Gasteiger partial charge in [-0.2, -0.15) is 0 Å². The highest BCUT2D eigenvalue weighted by Crippen LogP contribution is 2.24. The zero-order valence-corrected chi connectivity index (χ0v) is 13.5. The van der Waals surface area contributed by atoms with Gasteiger partial charge >= 0.3 is 5.63 Å². The van der Waals surface area contributed by atoms with Crippen molar-refractivity contribution in [3.05, 3.63) is 59.1 Å². The maximum atomic E-state index is 12.4. The number of hydrogen-bond donors (Lipinski definition) is 1. The minimum atomic E-state index is -0.321. The van der Waals surface area contributed by atoms with Gasteiger partial charge in [-0.15, -0.1) is 0 Å². The number of nitrogens with one attached hydrogen (secondary N) is 1. The Morgan fingerprint density at radius 2 is 2.17 bits per heavy atom. The smallest absolute Gasteiger partial charge is 0.344 e. The number of rotatable bonds is 2. The van der Waals surface area contributed by atoms with Crippen LogP contribution in [0.25, 0.3) is 22.2 Å². The quantitative estimate of drug-likeness (QED) is 0.786. The second kappa shape index (κ2) is 6.09. The highest BCUT2D eigenvalue weighted by atomic mass is 16.4. The summed E-state index contributed by atoms with van der Waals surface area (Å²) in [6.45, 7) is 4.99. The molecule has 24 heavy (non-hydrogen) atoms. The van der Waals surface area contributed by atoms with Crippen molar-refractivity contribution in [2.45, 2.75) is 13.0 Å². The van der Waals surface area contributed by atoms with Crippen molar-refractivity contribution in [3.8, 4) is 11.5 Å². The second-order valence-electron chi connectivity index (χ2n) is 6.19. The summed E-state index contributed by atoms with van der Waals surface area (Å²) in [5, 5.41) is 4.91. The molecule has 0 radical (unpaired) electrons. The van der Waals surface area contributed by atoms with Gasteiger partial charge in [-0.05, 0) is 42.6 Å². The molecule has 0 aliphatic carbocycles. The predicted octanol–water partition coefficient (Wildman–Crippen LogP) is 2.65.